The highest BCUT2D eigenvalue weighted by molar-refractivity contribution is 7.89. The molecule has 0 atom stereocenters. The number of urea groups is 1. The lowest BCUT2D eigenvalue weighted by Gasteiger charge is -2.05. The van der Waals surface area contributed by atoms with Crippen molar-refractivity contribution in [1.82, 2.24) is 10.6 Å². The quantitative estimate of drug-likeness (QED) is 0.758. The van der Waals surface area contributed by atoms with Crippen molar-refractivity contribution < 1.29 is 13.2 Å². The molecule has 0 aliphatic carbocycles. The third-order valence-corrected chi connectivity index (χ3v) is 4.25. The third kappa shape index (κ3) is 5.69. The van der Waals surface area contributed by atoms with Crippen LogP contribution in [0, 0.1) is 0 Å². The van der Waals surface area contributed by atoms with Crippen molar-refractivity contribution in [2.45, 2.75) is 11.4 Å². The van der Waals surface area contributed by atoms with Crippen molar-refractivity contribution >= 4 is 33.7 Å². The normalized spacial score (nSPS) is 11.4. The van der Waals surface area contributed by atoms with Gasteiger partial charge < -0.3 is 10.6 Å². The van der Waals surface area contributed by atoms with Gasteiger partial charge in [0.15, 0.2) is 0 Å². The Hall–Kier alpha value is -2.35. The predicted octanol–water partition coefficient (Wildman–Crippen LogP) is 2.46. The highest BCUT2D eigenvalue weighted by Gasteiger charge is 2.06. The van der Waals surface area contributed by atoms with Crippen LogP contribution in [0.25, 0.3) is 6.08 Å². The van der Waals surface area contributed by atoms with Crippen LogP contribution >= 0.6 is 11.6 Å². The minimum absolute atomic E-state index is 0.0293. The Morgan fingerprint density at radius 1 is 1.08 bits per heavy atom. The molecule has 6 nitrogen and oxygen atoms in total. The molecule has 2 rings (SSSR count). The molecule has 0 aliphatic heterocycles. The molecule has 0 unspecified atom stereocenters. The van der Waals surface area contributed by atoms with E-state index in [2.05, 4.69) is 10.6 Å². The standard InChI is InChI=1S/C16H16ClN3O3S/c17-14-5-1-12(2-6-14)9-10-19-16(21)20-11-13-3-7-15(8-4-13)24(18,22)23/h1-10H,11H2,(H2,18,22,23)(H2,19,20,21)/b10-9+. The van der Waals surface area contributed by atoms with Crippen LogP contribution in [0.3, 0.4) is 0 Å². The van der Waals surface area contributed by atoms with Crippen LogP contribution in [0.1, 0.15) is 11.1 Å². The lowest BCUT2D eigenvalue weighted by Crippen LogP contribution is -2.31. The number of benzene rings is 2. The number of sulfonamides is 1. The fourth-order valence-corrected chi connectivity index (χ4v) is 2.46. The average molecular weight is 366 g/mol. The number of amides is 2. The lowest BCUT2D eigenvalue weighted by molar-refractivity contribution is 0.244. The molecule has 24 heavy (non-hydrogen) atoms. The number of carbonyl (C=O) groups is 1. The van der Waals surface area contributed by atoms with Crippen molar-refractivity contribution in [2.24, 2.45) is 5.14 Å². The summed E-state index contributed by atoms with van der Waals surface area (Å²) in [6, 6.07) is 12.7. The fourth-order valence-electron chi connectivity index (χ4n) is 1.82. The Morgan fingerprint density at radius 2 is 1.71 bits per heavy atom. The zero-order chi connectivity index (χ0) is 17.6. The minimum atomic E-state index is -3.71. The van der Waals surface area contributed by atoms with E-state index in [9.17, 15) is 13.2 Å². The van der Waals surface area contributed by atoms with Gasteiger partial charge in [-0.15, -0.1) is 0 Å². The van der Waals surface area contributed by atoms with Crippen molar-refractivity contribution in [1.29, 1.82) is 0 Å². The van der Waals surface area contributed by atoms with Gasteiger partial charge in [0.2, 0.25) is 10.0 Å². The van der Waals surface area contributed by atoms with Gasteiger partial charge in [-0.2, -0.15) is 0 Å². The van der Waals surface area contributed by atoms with Crippen LogP contribution in [0.4, 0.5) is 4.79 Å². The number of halogens is 1. The Morgan fingerprint density at radius 3 is 2.29 bits per heavy atom. The first kappa shape index (κ1) is 18.0. The molecule has 0 saturated carbocycles. The summed E-state index contributed by atoms with van der Waals surface area (Å²) in [6.45, 7) is 0.255. The molecule has 0 spiro atoms. The lowest BCUT2D eigenvalue weighted by atomic mass is 10.2. The number of carbonyl (C=O) groups excluding carboxylic acids is 1. The number of hydrogen-bond acceptors (Lipinski definition) is 3. The summed E-state index contributed by atoms with van der Waals surface area (Å²) < 4.78 is 22.3. The maximum Gasteiger partial charge on any atom is 0.319 e. The summed E-state index contributed by atoms with van der Waals surface area (Å²) in [5, 5.41) is 10.9. The molecule has 0 saturated heterocycles. The van der Waals surface area contributed by atoms with Gasteiger partial charge in [0.05, 0.1) is 4.90 Å². The van der Waals surface area contributed by atoms with Gasteiger partial charge in [0.25, 0.3) is 0 Å². The number of hydrogen-bond donors (Lipinski definition) is 3. The van der Waals surface area contributed by atoms with E-state index >= 15 is 0 Å². The van der Waals surface area contributed by atoms with Gasteiger partial charge in [0.1, 0.15) is 0 Å². The predicted molar refractivity (Wildman–Crippen MR) is 93.7 cm³/mol. The van der Waals surface area contributed by atoms with Crippen molar-refractivity contribution in [3.05, 3.63) is 70.9 Å². The van der Waals surface area contributed by atoms with Crippen molar-refractivity contribution in [3.8, 4) is 0 Å². The number of rotatable bonds is 5. The highest BCUT2D eigenvalue weighted by Crippen LogP contribution is 2.10. The van der Waals surface area contributed by atoms with E-state index in [4.69, 9.17) is 16.7 Å². The first-order valence-corrected chi connectivity index (χ1v) is 8.85. The second-order valence-corrected chi connectivity index (χ2v) is 6.90. The first-order valence-electron chi connectivity index (χ1n) is 6.93. The molecule has 0 bridgehead atoms. The maximum atomic E-state index is 11.7. The molecule has 0 heterocycles. The first-order chi connectivity index (χ1) is 11.3. The second-order valence-electron chi connectivity index (χ2n) is 4.90. The molecule has 126 valence electrons. The van der Waals surface area contributed by atoms with E-state index < -0.39 is 10.0 Å². The Balaban J connectivity index is 1.81. The summed E-state index contributed by atoms with van der Waals surface area (Å²) in [5.41, 5.74) is 1.65. The molecular formula is C16H16ClN3O3S. The minimum Gasteiger partial charge on any atom is -0.334 e. The van der Waals surface area contributed by atoms with Crippen LogP contribution in [-0.2, 0) is 16.6 Å². The Labute approximate surface area is 145 Å². The molecule has 2 amide bonds. The van der Waals surface area contributed by atoms with E-state index in [0.717, 1.165) is 11.1 Å². The van der Waals surface area contributed by atoms with Gasteiger partial charge in [-0.05, 0) is 41.5 Å². The summed E-state index contributed by atoms with van der Waals surface area (Å²) in [5.74, 6) is 0. The summed E-state index contributed by atoms with van der Waals surface area (Å²) in [4.78, 5) is 11.7. The summed E-state index contributed by atoms with van der Waals surface area (Å²) in [6.07, 6.45) is 3.25. The molecule has 8 heteroatoms. The van der Waals surface area contributed by atoms with Crippen LogP contribution < -0.4 is 15.8 Å². The summed E-state index contributed by atoms with van der Waals surface area (Å²) >= 11 is 5.79. The van der Waals surface area contributed by atoms with Gasteiger partial charge in [-0.25, -0.2) is 18.4 Å². The molecule has 0 aliphatic rings. The second kappa shape index (κ2) is 7.96. The van der Waals surface area contributed by atoms with Gasteiger partial charge in [-0.3, -0.25) is 0 Å². The fraction of sp³-hybridized carbons (Fsp3) is 0.0625. The van der Waals surface area contributed by atoms with E-state index in [1.165, 1.54) is 18.3 Å². The maximum absolute atomic E-state index is 11.7. The van der Waals surface area contributed by atoms with Crippen LogP contribution in [0.5, 0.6) is 0 Å². The molecule has 0 aromatic heterocycles. The Kier molecular flexibility index (Phi) is 5.97. The molecule has 2 aromatic rings. The van der Waals surface area contributed by atoms with E-state index in [-0.39, 0.29) is 17.5 Å². The van der Waals surface area contributed by atoms with Gasteiger partial charge in [0, 0.05) is 17.8 Å². The van der Waals surface area contributed by atoms with Crippen LogP contribution in [0.2, 0.25) is 5.02 Å². The zero-order valence-corrected chi connectivity index (χ0v) is 14.1. The molecule has 4 N–H and O–H groups in total. The van der Waals surface area contributed by atoms with Gasteiger partial charge in [-0.1, -0.05) is 35.9 Å². The SMILES string of the molecule is NS(=O)(=O)c1ccc(CNC(=O)N/C=C/c2ccc(Cl)cc2)cc1. The Bertz CT molecular complexity index is 832. The number of nitrogens with two attached hydrogens (primary N) is 1. The van der Waals surface area contributed by atoms with E-state index in [1.54, 1.807) is 30.3 Å². The number of nitrogens with one attached hydrogen (secondary N) is 2. The van der Waals surface area contributed by atoms with Crippen LogP contribution in [-0.4, -0.2) is 14.4 Å². The van der Waals surface area contributed by atoms with Gasteiger partial charge >= 0.3 is 6.03 Å². The molecule has 2 aromatic carbocycles. The zero-order valence-electron chi connectivity index (χ0n) is 12.6. The largest absolute Gasteiger partial charge is 0.334 e. The van der Waals surface area contributed by atoms with Crippen LogP contribution in [0.15, 0.2) is 59.6 Å². The highest BCUT2D eigenvalue weighted by atomic mass is 35.5. The van der Waals surface area contributed by atoms with Crippen molar-refractivity contribution in [2.75, 3.05) is 0 Å². The van der Waals surface area contributed by atoms with E-state index in [1.807, 2.05) is 12.1 Å². The summed E-state index contributed by atoms with van der Waals surface area (Å²) in [7, 11) is -3.71. The molecule has 0 radical (unpaired) electrons. The van der Waals surface area contributed by atoms with Crippen molar-refractivity contribution in [3.63, 3.8) is 0 Å². The molecule has 0 fully saturated rings. The smallest absolute Gasteiger partial charge is 0.319 e. The molecular weight excluding hydrogens is 350 g/mol. The monoisotopic (exact) mass is 365 g/mol. The topological polar surface area (TPSA) is 101 Å². The number of primary sulfonamides is 1. The third-order valence-electron chi connectivity index (χ3n) is 3.07. The average Bonchev–Trinajstić information content (AvgIpc) is 2.54. The van der Waals surface area contributed by atoms with E-state index in [0.29, 0.717) is 5.02 Å².